The Morgan fingerprint density at radius 3 is 2.75 bits per heavy atom. The smallest absolute Gasteiger partial charge is 0.255 e. The summed E-state index contributed by atoms with van der Waals surface area (Å²) in [5, 5.41) is 3.24. The van der Waals surface area contributed by atoms with E-state index in [-0.39, 0.29) is 5.91 Å². The van der Waals surface area contributed by atoms with E-state index in [0.29, 0.717) is 0 Å². The summed E-state index contributed by atoms with van der Waals surface area (Å²) in [6.45, 7) is 3.36. The second-order valence-electron chi connectivity index (χ2n) is 3.67. The van der Waals surface area contributed by atoms with Gasteiger partial charge in [0.2, 0.25) is 0 Å². The summed E-state index contributed by atoms with van der Waals surface area (Å²) in [6.07, 6.45) is 0. The topological polar surface area (TPSA) is 32.3 Å². The number of hydrogen-bond acceptors (Lipinski definition) is 2. The third-order valence-electron chi connectivity index (χ3n) is 2.56. The van der Waals surface area contributed by atoms with Crippen molar-refractivity contribution in [2.45, 2.75) is 0 Å². The minimum atomic E-state index is 0.132. The molecule has 0 unspecified atom stereocenters. The fourth-order valence-electron chi connectivity index (χ4n) is 1.70. The maximum Gasteiger partial charge on any atom is 0.255 e. The van der Waals surface area contributed by atoms with Gasteiger partial charge in [-0.25, -0.2) is 0 Å². The molecule has 0 spiro atoms. The van der Waals surface area contributed by atoms with E-state index in [9.17, 15) is 4.79 Å². The van der Waals surface area contributed by atoms with Gasteiger partial charge in [-0.3, -0.25) is 4.79 Å². The molecule has 16 heavy (non-hydrogen) atoms. The maximum absolute atomic E-state index is 12.2. The van der Waals surface area contributed by atoms with Crippen LogP contribution < -0.4 is 5.32 Å². The van der Waals surface area contributed by atoms with Gasteiger partial charge >= 0.3 is 0 Å². The lowest BCUT2D eigenvalue weighted by molar-refractivity contribution is 0.0734. The summed E-state index contributed by atoms with van der Waals surface area (Å²) in [6, 6.07) is 5.81. The average Bonchev–Trinajstić information content (AvgIpc) is 2.32. The summed E-state index contributed by atoms with van der Waals surface area (Å²) >= 11 is 5.61. The van der Waals surface area contributed by atoms with Crippen molar-refractivity contribution in [3.8, 4) is 0 Å². The van der Waals surface area contributed by atoms with E-state index < -0.39 is 0 Å². The van der Waals surface area contributed by atoms with Gasteiger partial charge in [-0.15, -0.1) is 0 Å². The van der Waals surface area contributed by atoms with Gasteiger partial charge in [0.25, 0.3) is 5.91 Å². The molecule has 2 rings (SSSR count). The van der Waals surface area contributed by atoms with E-state index in [1.54, 1.807) is 0 Å². The number of amides is 1. The lowest BCUT2D eigenvalue weighted by Gasteiger charge is -2.27. The lowest BCUT2D eigenvalue weighted by atomic mass is 10.2. The van der Waals surface area contributed by atoms with E-state index in [2.05, 4.69) is 43.8 Å². The van der Waals surface area contributed by atoms with Crippen molar-refractivity contribution in [3.05, 3.63) is 31.8 Å². The molecule has 86 valence electrons. The van der Waals surface area contributed by atoms with Crippen LogP contribution in [0, 0.1) is 3.57 Å². The number of rotatable bonds is 1. The van der Waals surface area contributed by atoms with Gasteiger partial charge in [0.05, 0.1) is 5.56 Å². The van der Waals surface area contributed by atoms with Crippen molar-refractivity contribution in [2.75, 3.05) is 26.2 Å². The Balaban J connectivity index is 2.22. The Bertz CT molecular complexity index is 405. The first-order valence-corrected chi connectivity index (χ1v) is 7.01. The summed E-state index contributed by atoms with van der Waals surface area (Å²) in [5.74, 6) is 0.132. The van der Waals surface area contributed by atoms with Gasteiger partial charge < -0.3 is 10.2 Å². The first-order chi connectivity index (χ1) is 7.68. The molecule has 1 amide bonds. The van der Waals surface area contributed by atoms with Crippen LogP contribution in [0.2, 0.25) is 0 Å². The van der Waals surface area contributed by atoms with Crippen molar-refractivity contribution >= 4 is 44.4 Å². The van der Waals surface area contributed by atoms with Crippen molar-refractivity contribution in [2.24, 2.45) is 0 Å². The lowest BCUT2D eigenvalue weighted by Crippen LogP contribution is -2.46. The van der Waals surface area contributed by atoms with Crippen molar-refractivity contribution in [1.29, 1.82) is 0 Å². The first kappa shape index (κ1) is 12.3. The molecule has 0 radical (unpaired) electrons. The molecular weight excluding hydrogens is 383 g/mol. The van der Waals surface area contributed by atoms with Crippen LogP contribution >= 0.6 is 38.5 Å². The van der Waals surface area contributed by atoms with Crippen LogP contribution in [0.5, 0.6) is 0 Å². The molecule has 0 bridgehead atoms. The highest BCUT2D eigenvalue weighted by molar-refractivity contribution is 14.1. The normalized spacial score (nSPS) is 16.2. The van der Waals surface area contributed by atoms with Crippen LogP contribution in [0.4, 0.5) is 0 Å². The number of hydrogen-bond donors (Lipinski definition) is 1. The molecule has 0 saturated carbocycles. The Morgan fingerprint density at radius 2 is 2.06 bits per heavy atom. The number of carbonyl (C=O) groups excluding carboxylic acids is 1. The van der Waals surface area contributed by atoms with Crippen LogP contribution in [0.3, 0.4) is 0 Å². The molecule has 1 aliphatic heterocycles. The van der Waals surface area contributed by atoms with Gasteiger partial charge in [0.1, 0.15) is 0 Å². The van der Waals surface area contributed by atoms with Gasteiger partial charge in [-0.1, -0.05) is 15.9 Å². The predicted octanol–water partition coefficient (Wildman–Crippen LogP) is 2.10. The Morgan fingerprint density at radius 1 is 1.38 bits per heavy atom. The Hall–Kier alpha value is -0.140. The number of halogens is 2. The van der Waals surface area contributed by atoms with Crippen LogP contribution in [-0.4, -0.2) is 37.0 Å². The van der Waals surface area contributed by atoms with E-state index in [0.717, 1.165) is 39.8 Å². The van der Waals surface area contributed by atoms with Crippen molar-refractivity contribution in [1.82, 2.24) is 10.2 Å². The van der Waals surface area contributed by atoms with Crippen molar-refractivity contribution < 1.29 is 4.79 Å². The number of carbonyl (C=O) groups is 1. The molecule has 1 aliphatic rings. The van der Waals surface area contributed by atoms with Gasteiger partial charge in [-0.05, 0) is 40.8 Å². The Kier molecular flexibility index (Phi) is 4.21. The molecule has 1 aromatic rings. The molecule has 1 saturated heterocycles. The molecule has 1 N–H and O–H groups in total. The van der Waals surface area contributed by atoms with E-state index >= 15 is 0 Å². The van der Waals surface area contributed by atoms with Crippen LogP contribution in [0.15, 0.2) is 22.7 Å². The van der Waals surface area contributed by atoms with Crippen LogP contribution in [-0.2, 0) is 0 Å². The average molecular weight is 395 g/mol. The van der Waals surface area contributed by atoms with Gasteiger partial charge in [0.15, 0.2) is 0 Å². The number of nitrogens with one attached hydrogen (secondary N) is 1. The minimum absolute atomic E-state index is 0.132. The fraction of sp³-hybridized carbons (Fsp3) is 0.364. The number of piperazine rings is 1. The van der Waals surface area contributed by atoms with Gasteiger partial charge in [-0.2, -0.15) is 0 Å². The van der Waals surface area contributed by atoms with Gasteiger partial charge in [0, 0.05) is 34.2 Å². The zero-order valence-electron chi connectivity index (χ0n) is 8.67. The predicted molar refractivity (Wildman–Crippen MR) is 75.6 cm³/mol. The molecular formula is C11H12BrIN2O. The monoisotopic (exact) mass is 394 g/mol. The summed E-state index contributed by atoms with van der Waals surface area (Å²) in [7, 11) is 0. The molecule has 1 fully saturated rings. The highest BCUT2D eigenvalue weighted by atomic mass is 127. The molecule has 0 aromatic heterocycles. The SMILES string of the molecule is O=C(c1cc(Br)ccc1I)N1CCNCC1. The molecule has 1 aromatic carbocycles. The highest BCUT2D eigenvalue weighted by Crippen LogP contribution is 2.20. The second-order valence-corrected chi connectivity index (χ2v) is 5.74. The largest absolute Gasteiger partial charge is 0.336 e. The molecule has 5 heteroatoms. The molecule has 1 heterocycles. The molecule has 3 nitrogen and oxygen atoms in total. The maximum atomic E-state index is 12.2. The van der Waals surface area contributed by atoms with E-state index in [4.69, 9.17) is 0 Å². The quantitative estimate of drug-likeness (QED) is 0.740. The zero-order chi connectivity index (χ0) is 11.5. The van der Waals surface area contributed by atoms with Crippen LogP contribution in [0.1, 0.15) is 10.4 Å². The standard InChI is InChI=1S/C11H12BrIN2O/c12-8-1-2-10(13)9(7-8)11(16)15-5-3-14-4-6-15/h1-2,7,14H,3-6H2. The molecule has 0 aliphatic carbocycles. The highest BCUT2D eigenvalue weighted by Gasteiger charge is 2.19. The Labute approximate surface area is 117 Å². The van der Waals surface area contributed by atoms with E-state index in [1.165, 1.54) is 0 Å². The van der Waals surface area contributed by atoms with Crippen LogP contribution in [0.25, 0.3) is 0 Å². The number of benzene rings is 1. The summed E-state index contributed by atoms with van der Waals surface area (Å²) < 4.78 is 1.95. The third-order valence-corrected chi connectivity index (χ3v) is 4.00. The van der Waals surface area contributed by atoms with Crippen molar-refractivity contribution in [3.63, 3.8) is 0 Å². The summed E-state index contributed by atoms with van der Waals surface area (Å²) in [5.41, 5.74) is 0.789. The fourth-order valence-corrected chi connectivity index (χ4v) is 2.63. The molecule has 0 atom stereocenters. The number of nitrogens with zero attached hydrogens (tertiary/aromatic N) is 1. The third kappa shape index (κ3) is 2.75. The first-order valence-electron chi connectivity index (χ1n) is 5.13. The second kappa shape index (κ2) is 5.46. The minimum Gasteiger partial charge on any atom is -0.336 e. The zero-order valence-corrected chi connectivity index (χ0v) is 12.4. The summed E-state index contributed by atoms with van der Waals surface area (Å²) in [4.78, 5) is 14.1. The van der Waals surface area contributed by atoms with E-state index in [1.807, 2.05) is 23.1 Å².